The quantitative estimate of drug-likeness (QED) is 0.648. The Morgan fingerprint density at radius 3 is 2.50 bits per heavy atom. The summed E-state index contributed by atoms with van der Waals surface area (Å²) in [5, 5.41) is 0.992. The summed E-state index contributed by atoms with van der Waals surface area (Å²) in [4.78, 5) is 8.22. The Balaban J connectivity index is 2.37. The van der Waals surface area contributed by atoms with Gasteiger partial charge in [-0.05, 0) is 24.6 Å². The molecule has 0 unspecified atom stereocenters. The number of nitrogens with one attached hydrogen (secondary N) is 1. The van der Waals surface area contributed by atoms with Crippen LogP contribution in [0.3, 0.4) is 0 Å². The van der Waals surface area contributed by atoms with E-state index >= 15 is 0 Å². The predicted molar refractivity (Wildman–Crippen MR) is 80.4 cm³/mol. The molecule has 5 nitrogen and oxygen atoms in total. The summed E-state index contributed by atoms with van der Waals surface area (Å²) in [7, 11) is 0. The summed E-state index contributed by atoms with van der Waals surface area (Å²) in [5.74, 6) is 6.95. The number of nitrogens with zero attached hydrogens (tertiary/aromatic N) is 2. The topological polar surface area (TPSA) is 73.1 Å². The number of halogens is 2. The zero-order valence-corrected chi connectivity index (χ0v) is 12.4. The van der Waals surface area contributed by atoms with Gasteiger partial charge in [-0.2, -0.15) is 0 Å². The van der Waals surface area contributed by atoms with E-state index in [0.29, 0.717) is 27.5 Å². The van der Waals surface area contributed by atoms with Crippen LogP contribution in [0.4, 0.5) is 5.82 Å². The Labute approximate surface area is 127 Å². The average Bonchev–Trinajstić information content (AvgIpc) is 2.39. The van der Waals surface area contributed by atoms with Gasteiger partial charge in [-0.3, -0.25) is 0 Å². The Bertz CT molecular complexity index is 587. The Morgan fingerprint density at radius 1 is 1.20 bits per heavy atom. The van der Waals surface area contributed by atoms with Crippen molar-refractivity contribution in [1.29, 1.82) is 0 Å². The molecule has 0 fully saturated rings. The van der Waals surface area contributed by atoms with Gasteiger partial charge in [-0.1, -0.05) is 36.5 Å². The second-order valence-electron chi connectivity index (χ2n) is 4.11. The standard InChI is InChI=1S/C13H14Cl2N4O/c1-2-3-11-12(19-16)17-7-18-13(11)20-10-5-8(14)4-9(15)6-10/h4-7H,2-3,16H2,1H3,(H,17,18,19). The fraction of sp³-hybridized carbons (Fsp3) is 0.231. The number of aromatic nitrogens is 2. The van der Waals surface area contributed by atoms with E-state index in [1.807, 2.05) is 6.92 Å². The highest BCUT2D eigenvalue weighted by Gasteiger charge is 2.12. The maximum atomic E-state index is 5.95. The molecule has 0 saturated heterocycles. The summed E-state index contributed by atoms with van der Waals surface area (Å²) >= 11 is 11.9. The smallest absolute Gasteiger partial charge is 0.227 e. The summed E-state index contributed by atoms with van der Waals surface area (Å²) < 4.78 is 5.75. The number of anilines is 1. The normalized spacial score (nSPS) is 10.4. The lowest BCUT2D eigenvalue weighted by Crippen LogP contribution is -2.12. The van der Waals surface area contributed by atoms with Crippen LogP contribution in [0, 0.1) is 0 Å². The highest BCUT2D eigenvalue weighted by molar-refractivity contribution is 6.34. The molecular formula is C13H14Cl2N4O. The molecule has 106 valence electrons. The third kappa shape index (κ3) is 3.50. The van der Waals surface area contributed by atoms with Crippen LogP contribution in [0.15, 0.2) is 24.5 Å². The number of nitrogen functional groups attached to an aromatic ring is 1. The predicted octanol–water partition coefficient (Wildman–Crippen LogP) is 3.81. The molecule has 0 amide bonds. The molecule has 0 radical (unpaired) electrons. The number of ether oxygens (including phenoxy) is 1. The summed E-state index contributed by atoms with van der Waals surface area (Å²) in [5.41, 5.74) is 3.36. The lowest BCUT2D eigenvalue weighted by molar-refractivity contribution is 0.454. The second kappa shape index (κ2) is 6.74. The monoisotopic (exact) mass is 312 g/mol. The van der Waals surface area contributed by atoms with E-state index in [2.05, 4.69) is 15.4 Å². The number of hydrogen-bond donors (Lipinski definition) is 2. The summed E-state index contributed by atoms with van der Waals surface area (Å²) in [6.07, 6.45) is 3.04. The van der Waals surface area contributed by atoms with Crippen molar-refractivity contribution in [2.75, 3.05) is 5.43 Å². The van der Waals surface area contributed by atoms with Crippen molar-refractivity contribution in [2.45, 2.75) is 19.8 Å². The van der Waals surface area contributed by atoms with Crippen molar-refractivity contribution in [1.82, 2.24) is 9.97 Å². The van der Waals surface area contributed by atoms with E-state index in [0.717, 1.165) is 18.4 Å². The van der Waals surface area contributed by atoms with Crippen LogP contribution in [0.5, 0.6) is 11.6 Å². The first kappa shape index (κ1) is 14.8. The number of benzene rings is 1. The fourth-order valence-electron chi connectivity index (χ4n) is 1.78. The van der Waals surface area contributed by atoms with Gasteiger partial charge in [0.15, 0.2) is 0 Å². The average molecular weight is 313 g/mol. The van der Waals surface area contributed by atoms with Gasteiger partial charge in [-0.15, -0.1) is 0 Å². The Morgan fingerprint density at radius 2 is 1.90 bits per heavy atom. The first-order chi connectivity index (χ1) is 9.63. The van der Waals surface area contributed by atoms with Gasteiger partial charge >= 0.3 is 0 Å². The molecule has 0 aliphatic heterocycles. The van der Waals surface area contributed by atoms with E-state index in [-0.39, 0.29) is 0 Å². The van der Waals surface area contributed by atoms with E-state index < -0.39 is 0 Å². The van der Waals surface area contributed by atoms with E-state index in [4.69, 9.17) is 33.8 Å². The van der Waals surface area contributed by atoms with Crippen LogP contribution in [-0.4, -0.2) is 9.97 Å². The highest BCUT2D eigenvalue weighted by Crippen LogP contribution is 2.31. The minimum absolute atomic E-state index is 0.438. The van der Waals surface area contributed by atoms with E-state index in [1.54, 1.807) is 18.2 Å². The summed E-state index contributed by atoms with van der Waals surface area (Å²) in [6.45, 7) is 2.05. The number of nitrogens with two attached hydrogens (primary N) is 1. The maximum Gasteiger partial charge on any atom is 0.227 e. The van der Waals surface area contributed by atoms with Gasteiger partial charge in [0, 0.05) is 10.0 Å². The second-order valence-corrected chi connectivity index (χ2v) is 4.98. The molecule has 20 heavy (non-hydrogen) atoms. The molecule has 1 aromatic heterocycles. The highest BCUT2D eigenvalue weighted by atomic mass is 35.5. The van der Waals surface area contributed by atoms with Crippen molar-refractivity contribution in [2.24, 2.45) is 5.84 Å². The van der Waals surface area contributed by atoms with Gasteiger partial charge in [0.05, 0.1) is 5.56 Å². The van der Waals surface area contributed by atoms with Crippen molar-refractivity contribution in [3.63, 3.8) is 0 Å². The molecule has 2 aromatic rings. The van der Waals surface area contributed by atoms with Crippen LogP contribution in [0.25, 0.3) is 0 Å². The largest absolute Gasteiger partial charge is 0.438 e. The van der Waals surface area contributed by atoms with Crippen LogP contribution in [-0.2, 0) is 6.42 Å². The zero-order chi connectivity index (χ0) is 14.5. The maximum absolute atomic E-state index is 5.95. The third-order valence-electron chi connectivity index (χ3n) is 2.59. The molecule has 0 aliphatic carbocycles. The van der Waals surface area contributed by atoms with E-state index in [9.17, 15) is 0 Å². The zero-order valence-electron chi connectivity index (χ0n) is 10.9. The number of hydrogen-bond acceptors (Lipinski definition) is 5. The molecule has 0 bridgehead atoms. The van der Waals surface area contributed by atoms with Crippen molar-refractivity contribution >= 4 is 29.0 Å². The van der Waals surface area contributed by atoms with Gasteiger partial charge in [0.2, 0.25) is 5.88 Å². The lowest BCUT2D eigenvalue weighted by Gasteiger charge is -2.12. The molecule has 1 heterocycles. The van der Waals surface area contributed by atoms with Gasteiger partial charge < -0.3 is 10.2 Å². The molecular weight excluding hydrogens is 299 g/mol. The summed E-state index contributed by atoms with van der Waals surface area (Å²) in [6, 6.07) is 4.97. The fourth-order valence-corrected chi connectivity index (χ4v) is 2.29. The number of hydrazine groups is 1. The van der Waals surface area contributed by atoms with Crippen molar-refractivity contribution < 1.29 is 4.74 Å². The third-order valence-corrected chi connectivity index (χ3v) is 3.03. The Hall–Kier alpha value is -1.56. The molecule has 0 spiro atoms. The van der Waals surface area contributed by atoms with Crippen molar-refractivity contribution in [3.8, 4) is 11.6 Å². The molecule has 0 saturated carbocycles. The van der Waals surface area contributed by atoms with Crippen LogP contribution in [0.1, 0.15) is 18.9 Å². The van der Waals surface area contributed by atoms with Crippen LogP contribution < -0.4 is 16.0 Å². The minimum atomic E-state index is 0.438. The number of rotatable bonds is 5. The van der Waals surface area contributed by atoms with Crippen molar-refractivity contribution in [3.05, 3.63) is 40.1 Å². The van der Waals surface area contributed by atoms with Gasteiger partial charge in [0.1, 0.15) is 17.9 Å². The Kier molecular flexibility index (Phi) is 5.00. The van der Waals surface area contributed by atoms with Gasteiger partial charge in [0.25, 0.3) is 0 Å². The van der Waals surface area contributed by atoms with Crippen LogP contribution >= 0.6 is 23.2 Å². The molecule has 2 rings (SSSR count). The molecule has 7 heteroatoms. The van der Waals surface area contributed by atoms with Crippen LogP contribution in [0.2, 0.25) is 10.0 Å². The molecule has 0 atom stereocenters. The SMILES string of the molecule is CCCc1c(NN)ncnc1Oc1cc(Cl)cc(Cl)c1. The molecule has 3 N–H and O–H groups in total. The molecule has 1 aromatic carbocycles. The first-order valence-electron chi connectivity index (χ1n) is 6.08. The first-order valence-corrected chi connectivity index (χ1v) is 6.84. The lowest BCUT2D eigenvalue weighted by atomic mass is 10.2. The van der Waals surface area contributed by atoms with E-state index in [1.165, 1.54) is 6.33 Å². The van der Waals surface area contributed by atoms with Gasteiger partial charge in [-0.25, -0.2) is 15.8 Å². The minimum Gasteiger partial charge on any atom is -0.438 e. The molecule has 0 aliphatic rings.